The van der Waals surface area contributed by atoms with Crippen molar-refractivity contribution >= 4 is 40.7 Å². The largest absolute Gasteiger partial charge is 0.379 e. The normalized spacial score (nSPS) is 10.8. The molecule has 3 N–H and O–H groups in total. The number of ether oxygens (including phenoxy) is 3. The highest BCUT2D eigenvalue weighted by Crippen LogP contribution is 2.15. The summed E-state index contributed by atoms with van der Waals surface area (Å²) in [5.41, 5.74) is 2.77. The van der Waals surface area contributed by atoms with Gasteiger partial charge < -0.3 is 35.1 Å². The van der Waals surface area contributed by atoms with E-state index < -0.39 is 0 Å². The van der Waals surface area contributed by atoms with Crippen LogP contribution in [0.1, 0.15) is 18.9 Å². The number of alkyl halides is 2. The van der Waals surface area contributed by atoms with Gasteiger partial charge in [-0.25, -0.2) is 0 Å². The topological polar surface area (TPSA) is 101 Å². The summed E-state index contributed by atoms with van der Waals surface area (Å²) in [5.74, 6) is 0.871. The molecule has 1 aromatic rings. The zero-order chi connectivity index (χ0) is 27.1. The van der Waals surface area contributed by atoms with Crippen LogP contribution in [0.25, 0.3) is 0 Å². The number of nitrogens with zero attached hydrogens (tertiary/aromatic N) is 1. The van der Waals surface area contributed by atoms with Gasteiger partial charge in [0.05, 0.1) is 39.6 Å². The number of hydrogen-bond donors (Lipinski definition) is 3. The molecule has 0 saturated carbocycles. The molecule has 9 nitrogen and oxygen atoms in total. The Bertz CT molecular complexity index is 762. The summed E-state index contributed by atoms with van der Waals surface area (Å²) in [6.45, 7) is 11.6. The lowest BCUT2D eigenvalue weighted by atomic mass is 10.2. The lowest BCUT2D eigenvalue weighted by Crippen LogP contribution is -2.29. The van der Waals surface area contributed by atoms with Crippen molar-refractivity contribution in [3.8, 4) is 0 Å². The average Bonchev–Trinajstić information content (AvgIpc) is 2.89. The molecular formula is C26H42Cl2N4O5. The van der Waals surface area contributed by atoms with E-state index in [1.807, 2.05) is 0 Å². The predicted molar refractivity (Wildman–Crippen MR) is 150 cm³/mol. The van der Waals surface area contributed by atoms with Crippen LogP contribution in [0.5, 0.6) is 0 Å². The second-order valence-corrected chi connectivity index (χ2v) is 8.94. The van der Waals surface area contributed by atoms with Gasteiger partial charge in [-0.3, -0.25) is 9.59 Å². The van der Waals surface area contributed by atoms with Gasteiger partial charge in [-0.05, 0) is 24.6 Å². The smallest absolute Gasteiger partial charge is 0.246 e. The third kappa shape index (κ3) is 17.3. The molecule has 0 aliphatic rings. The molecule has 0 saturated heterocycles. The maximum atomic E-state index is 11.8. The molecule has 0 aliphatic carbocycles. The molecule has 0 radical (unpaired) electrons. The Labute approximate surface area is 231 Å². The lowest BCUT2D eigenvalue weighted by Gasteiger charge is -2.23. The quantitative estimate of drug-likeness (QED) is 0.107. The molecule has 0 aliphatic heterocycles. The molecule has 0 atom stereocenters. The zero-order valence-corrected chi connectivity index (χ0v) is 23.4. The zero-order valence-electron chi connectivity index (χ0n) is 21.9. The summed E-state index contributed by atoms with van der Waals surface area (Å²) < 4.78 is 16.3. The van der Waals surface area contributed by atoms with Crippen molar-refractivity contribution in [2.24, 2.45) is 0 Å². The summed E-state index contributed by atoms with van der Waals surface area (Å²) >= 11 is 11.7. The van der Waals surface area contributed by atoms with E-state index in [1.54, 1.807) is 6.92 Å². The predicted octanol–water partition coefficient (Wildman–Crippen LogP) is 2.31. The molecule has 37 heavy (non-hydrogen) atoms. The first kappa shape index (κ1) is 33.1. The maximum Gasteiger partial charge on any atom is 0.246 e. The summed E-state index contributed by atoms with van der Waals surface area (Å²) in [7, 11) is 0. The number of halogens is 2. The van der Waals surface area contributed by atoms with Gasteiger partial charge in [-0.15, -0.1) is 23.2 Å². The number of anilines is 1. The Morgan fingerprint density at radius 2 is 1.41 bits per heavy atom. The Morgan fingerprint density at radius 1 is 0.838 bits per heavy atom. The third-order valence-corrected chi connectivity index (χ3v) is 5.43. The number of hydrogen-bond acceptors (Lipinski definition) is 7. The Balaban J connectivity index is 1.94. The summed E-state index contributed by atoms with van der Waals surface area (Å²) in [4.78, 5) is 25.3. The van der Waals surface area contributed by atoms with E-state index in [9.17, 15) is 9.59 Å². The van der Waals surface area contributed by atoms with Crippen molar-refractivity contribution in [1.82, 2.24) is 16.0 Å². The number of rotatable bonds is 23. The monoisotopic (exact) mass is 560 g/mol. The fourth-order valence-electron chi connectivity index (χ4n) is 3.10. The molecule has 2 amide bonds. The van der Waals surface area contributed by atoms with Gasteiger partial charge in [0, 0.05) is 68.7 Å². The van der Waals surface area contributed by atoms with E-state index in [0.717, 1.165) is 31.9 Å². The number of carbonyl (C=O) groups is 2. The van der Waals surface area contributed by atoms with Crippen molar-refractivity contribution in [2.75, 3.05) is 89.0 Å². The number of nitrogens with one attached hydrogen (secondary N) is 3. The average molecular weight is 562 g/mol. The van der Waals surface area contributed by atoms with Crippen molar-refractivity contribution in [2.45, 2.75) is 19.9 Å². The molecule has 0 spiro atoms. The van der Waals surface area contributed by atoms with Gasteiger partial charge >= 0.3 is 0 Å². The highest BCUT2D eigenvalue weighted by atomic mass is 35.5. The number of amides is 2. The van der Waals surface area contributed by atoms with E-state index in [4.69, 9.17) is 37.4 Å². The summed E-state index contributed by atoms with van der Waals surface area (Å²) in [5, 5.41) is 8.83. The second-order valence-electron chi connectivity index (χ2n) is 8.18. The van der Waals surface area contributed by atoms with Crippen molar-refractivity contribution in [1.29, 1.82) is 0 Å². The second kappa shape index (κ2) is 22.1. The van der Waals surface area contributed by atoms with Gasteiger partial charge in [0.2, 0.25) is 11.8 Å². The Morgan fingerprint density at radius 3 is 2.03 bits per heavy atom. The minimum Gasteiger partial charge on any atom is -0.379 e. The van der Waals surface area contributed by atoms with Crippen LogP contribution in [0.4, 0.5) is 5.69 Å². The molecule has 0 fully saturated rings. The van der Waals surface area contributed by atoms with Crippen LogP contribution in [0.3, 0.4) is 0 Å². The fourth-order valence-corrected chi connectivity index (χ4v) is 3.51. The summed E-state index contributed by atoms with van der Waals surface area (Å²) in [6, 6.07) is 8.36. The van der Waals surface area contributed by atoms with Gasteiger partial charge in [0.15, 0.2) is 0 Å². The first-order valence-electron chi connectivity index (χ1n) is 12.6. The Hall–Kier alpha value is -1.88. The van der Waals surface area contributed by atoms with Gasteiger partial charge in [0.25, 0.3) is 0 Å². The van der Waals surface area contributed by atoms with Gasteiger partial charge in [-0.1, -0.05) is 18.7 Å². The number of carbonyl (C=O) groups excluding carboxylic acids is 2. The maximum absolute atomic E-state index is 11.8. The molecule has 210 valence electrons. The van der Waals surface area contributed by atoms with Gasteiger partial charge in [-0.2, -0.15) is 0 Å². The van der Waals surface area contributed by atoms with Crippen molar-refractivity contribution in [3.63, 3.8) is 0 Å². The molecule has 0 bridgehead atoms. The van der Waals surface area contributed by atoms with Crippen molar-refractivity contribution < 1.29 is 23.8 Å². The molecule has 1 rings (SSSR count). The van der Waals surface area contributed by atoms with Crippen LogP contribution < -0.4 is 20.9 Å². The van der Waals surface area contributed by atoms with Crippen LogP contribution in [-0.4, -0.2) is 95.9 Å². The molecule has 0 unspecified atom stereocenters. The third-order valence-electron chi connectivity index (χ3n) is 5.10. The molecule has 1 aromatic carbocycles. The lowest BCUT2D eigenvalue weighted by molar-refractivity contribution is -0.122. The van der Waals surface area contributed by atoms with E-state index in [2.05, 4.69) is 51.7 Å². The van der Waals surface area contributed by atoms with E-state index in [0.29, 0.717) is 70.1 Å². The standard InChI is InChI=1S/C26H42Cl2N4O5/c1-22(2)26(34)31-12-18-37-20-19-35-15-7-25(33)30-11-17-36-16-10-29-21-23-3-5-24(6-4-23)32(13-8-27)14-9-28/h3-6,29H,1,7-21H2,2H3,(H,30,33)(H,31,34). The van der Waals surface area contributed by atoms with Crippen LogP contribution in [0.2, 0.25) is 0 Å². The minimum atomic E-state index is -0.181. The first-order valence-corrected chi connectivity index (χ1v) is 13.6. The van der Waals surface area contributed by atoms with E-state index in [-0.39, 0.29) is 18.2 Å². The highest BCUT2D eigenvalue weighted by Gasteiger charge is 2.05. The van der Waals surface area contributed by atoms with Crippen LogP contribution in [-0.2, 0) is 30.3 Å². The Kier molecular flexibility index (Phi) is 19.8. The molecule has 0 aromatic heterocycles. The van der Waals surface area contributed by atoms with E-state index >= 15 is 0 Å². The van der Waals surface area contributed by atoms with Crippen molar-refractivity contribution in [3.05, 3.63) is 42.0 Å². The van der Waals surface area contributed by atoms with Gasteiger partial charge in [0.1, 0.15) is 0 Å². The highest BCUT2D eigenvalue weighted by molar-refractivity contribution is 6.18. The minimum absolute atomic E-state index is 0.0794. The van der Waals surface area contributed by atoms with Crippen LogP contribution in [0.15, 0.2) is 36.4 Å². The van der Waals surface area contributed by atoms with Crippen LogP contribution >= 0.6 is 23.2 Å². The molecule has 11 heteroatoms. The first-order chi connectivity index (χ1) is 18.0. The SMILES string of the molecule is C=C(C)C(=O)NCCOCCOCCC(=O)NCCOCCNCc1ccc(N(CCCl)CCCl)cc1. The fraction of sp³-hybridized carbons (Fsp3) is 0.615. The van der Waals surface area contributed by atoms with E-state index in [1.165, 1.54) is 5.56 Å². The number of benzene rings is 1. The molecular weight excluding hydrogens is 519 g/mol. The summed E-state index contributed by atoms with van der Waals surface area (Å²) in [6.07, 6.45) is 0.282. The molecule has 0 heterocycles. The van der Waals surface area contributed by atoms with Crippen LogP contribution in [0, 0.1) is 0 Å².